The van der Waals surface area contributed by atoms with Crippen molar-refractivity contribution in [3.05, 3.63) is 64.9 Å². The lowest BCUT2D eigenvalue weighted by atomic mass is 10.1. The van der Waals surface area contributed by atoms with Gasteiger partial charge in [-0.25, -0.2) is 4.39 Å². The zero-order valence-electron chi connectivity index (χ0n) is 10.00. The molecule has 18 heavy (non-hydrogen) atoms. The van der Waals surface area contributed by atoms with E-state index in [0.717, 1.165) is 30.1 Å². The minimum Gasteiger partial charge on any atom is -0.385 e. The summed E-state index contributed by atoms with van der Waals surface area (Å²) in [7, 11) is 0. The van der Waals surface area contributed by atoms with Crippen LogP contribution in [-0.4, -0.2) is 6.54 Å². The number of halogens is 2. The van der Waals surface area contributed by atoms with E-state index < -0.39 is 0 Å². The van der Waals surface area contributed by atoms with E-state index >= 15 is 0 Å². The maximum Gasteiger partial charge on any atom is 0.123 e. The molecule has 0 bridgehead atoms. The molecule has 0 saturated heterocycles. The van der Waals surface area contributed by atoms with Gasteiger partial charge in [0.05, 0.1) is 0 Å². The number of rotatable bonds is 5. The van der Waals surface area contributed by atoms with E-state index in [1.807, 2.05) is 24.3 Å². The molecule has 0 aliphatic rings. The molecule has 1 N–H and O–H groups in total. The zero-order valence-corrected chi connectivity index (χ0v) is 10.8. The van der Waals surface area contributed by atoms with E-state index in [1.54, 1.807) is 12.1 Å². The normalized spacial score (nSPS) is 10.3. The average molecular weight is 264 g/mol. The Labute approximate surface area is 112 Å². The fourth-order valence-electron chi connectivity index (χ4n) is 1.78. The molecule has 3 heteroatoms. The smallest absolute Gasteiger partial charge is 0.123 e. The van der Waals surface area contributed by atoms with Gasteiger partial charge in [-0.05, 0) is 48.7 Å². The van der Waals surface area contributed by atoms with Gasteiger partial charge in [0.2, 0.25) is 0 Å². The largest absolute Gasteiger partial charge is 0.385 e. The topological polar surface area (TPSA) is 12.0 Å². The highest BCUT2D eigenvalue weighted by Gasteiger charge is 1.98. The summed E-state index contributed by atoms with van der Waals surface area (Å²) in [6.45, 7) is 0.844. The van der Waals surface area contributed by atoms with Crippen molar-refractivity contribution in [3.63, 3.8) is 0 Å². The van der Waals surface area contributed by atoms with Gasteiger partial charge in [-0.1, -0.05) is 29.8 Å². The molecule has 0 aromatic heterocycles. The lowest BCUT2D eigenvalue weighted by Crippen LogP contribution is -2.03. The quantitative estimate of drug-likeness (QED) is 0.782. The van der Waals surface area contributed by atoms with Crippen molar-refractivity contribution in [1.29, 1.82) is 0 Å². The maximum atomic E-state index is 12.7. The first-order valence-corrected chi connectivity index (χ1v) is 6.36. The molecule has 0 fully saturated rings. The van der Waals surface area contributed by atoms with E-state index in [2.05, 4.69) is 5.32 Å². The molecule has 94 valence electrons. The lowest BCUT2D eigenvalue weighted by molar-refractivity contribution is 0.628. The molecule has 0 heterocycles. The molecular weight excluding hydrogens is 249 g/mol. The van der Waals surface area contributed by atoms with E-state index in [-0.39, 0.29) is 5.82 Å². The van der Waals surface area contributed by atoms with Crippen LogP contribution in [-0.2, 0) is 6.42 Å². The van der Waals surface area contributed by atoms with E-state index in [4.69, 9.17) is 11.6 Å². The van der Waals surface area contributed by atoms with Crippen molar-refractivity contribution in [3.8, 4) is 0 Å². The third kappa shape index (κ3) is 3.74. The summed E-state index contributed by atoms with van der Waals surface area (Å²) in [6.07, 6.45) is 1.93. The average Bonchev–Trinajstić information content (AvgIpc) is 2.39. The maximum absolute atomic E-state index is 12.7. The minimum atomic E-state index is -0.211. The molecule has 0 saturated carbocycles. The molecule has 0 aliphatic carbocycles. The van der Waals surface area contributed by atoms with Gasteiger partial charge in [0.1, 0.15) is 5.82 Å². The third-order valence-electron chi connectivity index (χ3n) is 2.75. The van der Waals surface area contributed by atoms with Gasteiger partial charge in [-0.2, -0.15) is 0 Å². The summed E-state index contributed by atoms with van der Waals surface area (Å²) < 4.78 is 12.7. The minimum absolute atomic E-state index is 0.211. The van der Waals surface area contributed by atoms with Crippen LogP contribution in [0.1, 0.15) is 12.0 Å². The molecule has 0 radical (unpaired) electrons. The summed E-state index contributed by atoms with van der Waals surface area (Å²) >= 11 is 6.08. The molecule has 2 aromatic carbocycles. The second-order valence-corrected chi connectivity index (χ2v) is 4.54. The summed E-state index contributed by atoms with van der Waals surface area (Å²) in [6, 6.07) is 14.3. The third-order valence-corrected chi connectivity index (χ3v) is 3.12. The van der Waals surface area contributed by atoms with Crippen LogP contribution in [0.15, 0.2) is 48.5 Å². The summed E-state index contributed by atoms with van der Waals surface area (Å²) in [5.74, 6) is -0.211. The van der Waals surface area contributed by atoms with Gasteiger partial charge >= 0.3 is 0 Å². The van der Waals surface area contributed by atoms with E-state index in [0.29, 0.717) is 0 Å². The molecule has 0 aliphatic heterocycles. The molecular formula is C15H15ClFN. The molecule has 1 nitrogen and oxygen atoms in total. The van der Waals surface area contributed by atoms with Gasteiger partial charge in [0.25, 0.3) is 0 Å². The van der Waals surface area contributed by atoms with Gasteiger partial charge in [0.15, 0.2) is 0 Å². The molecule has 2 aromatic rings. The Balaban J connectivity index is 1.76. The van der Waals surface area contributed by atoms with Crippen molar-refractivity contribution < 1.29 is 4.39 Å². The van der Waals surface area contributed by atoms with Crippen molar-refractivity contribution in [2.45, 2.75) is 12.8 Å². The first-order chi connectivity index (χ1) is 8.75. The highest BCUT2D eigenvalue weighted by Crippen LogP contribution is 2.16. The summed E-state index contributed by atoms with van der Waals surface area (Å²) in [5.41, 5.74) is 2.11. The van der Waals surface area contributed by atoms with Crippen LogP contribution in [0.25, 0.3) is 0 Å². The Morgan fingerprint density at radius 3 is 2.44 bits per heavy atom. The number of aryl methyl sites for hydroxylation is 1. The summed E-state index contributed by atoms with van der Waals surface area (Å²) in [5, 5.41) is 4.07. The standard InChI is InChI=1S/C15H15ClFN/c16-15-6-2-1-4-12(15)5-3-11-18-14-9-7-13(17)8-10-14/h1-2,4,6-10,18H,3,5,11H2. The molecule has 0 unspecified atom stereocenters. The highest BCUT2D eigenvalue weighted by molar-refractivity contribution is 6.31. The van der Waals surface area contributed by atoms with E-state index in [9.17, 15) is 4.39 Å². The van der Waals surface area contributed by atoms with Crippen LogP contribution in [0.3, 0.4) is 0 Å². The van der Waals surface area contributed by atoms with Crippen LogP contribution in [0.4, 0.5) is 10.1 Å². The predicted octanol–water partition coefficient (Wildman–Crippen LogP) is 4.52. The van der Waals surface area contributed by atoms with Gasteiger partial charge in [0, 0.05) is 17.3 Å². The van der Waals surface area contributed by atoms with Crippen LogP contribution in [0, 0.1) is 5.82 Å². The van der Waals surface area contributed by atoms with Crippen LogP contribution in [0.2, 0.25) is 5.02 Å². The van der Waals surface area contributed by atoms with Crippen molar-refractivity contribution >= 4 is 17.3 Å². The van der Waals surface area contributed by atoms with E-state index in [1.165, 1.54) is 17.7 Å². The van der Waals surface area contributed by atoms with Gasteiger partial charge in [-0.3, -0.25) is 0 Å². The van der Waals surface area contributed by atoms with Crippen molar-refractivity contribution in [1.82, 2.24) is 0 Å². The van der Waals surface area contributed by atoms with Crippen molar-refractivity contribution in [2.75, 3.05) is 11.9 Å². The molecule has 0 spiro atoms. The number of anilines is 1. The zero-order chi connectivity index (χ0) is 12.8. The van der Waals surface area contributed by atoms with Crippen LogP contribution in [0.5, 0.6) is 0 Å². The Morgan fingerprint density at radius 1 is 1.00 bits per heavy atom. The first kappa shape index (κ1) is 12.9. The number of nitrogens with one attached hydrogen (secondary N) is 1. The van der Waals surface area contributed by atoms with Crippen molar-refractivity contribution in [2.24, 2.45) is 0 Å². The fraction of sp³-hybridized carbons (Fsp3) is 0.200. The predicted molar refractivity (Wildman–Crippen MR) is 74.7 cm³/mol. The second-order valence-electron chi connectivity index (χ2n) is 4.13. The molecule has 0 atom stereocenters. The second kappa shape index (κ2) is 6.41. The monoisotopic (exact) mass is 263 g/mol. The Kier molecular flexibility index (Phi) is 4.59. The lowest BCUT2D eigenvalue weighted by Gasteiger charge is -2.07. The van der Waals surface area contributed by atoms with Gasteiger partial charge < -0.3 is 5.32 Å². The number of hydrogen-bond acceptors (Lipinski definition) is 1. The molecule has 0 amide bonds. The Morgan fingerprint density at radius 2 is 1.72 bits per heavy atom. The highest BCUT2D eigenvalue weighted by atomic mass is 35.5. The summed E-state index contributed by atoms with van der Waals surface area (Å²) in [4.78, 5) is 0. The number of hydrogen-bond donors (Lipinski definition) is 1. The fourth-order valence-corrected chi connectivity index (χ4v) is 2.01. The Bertz CT molecular complexity index is 496. The molecule has 2 rings (SSSR count). The SMILES string of the molecule is Fc1ccc(NCCCc2ccccc2Cl)cc1. The van der Waals surface area contributed by atoms with Crippen LogP contribution >= 0.6 is 11.6 Å². The first-order valence-electron chi connectivity index (χ1n) is 5.98. The van der Waals surface area contributed by atoms with Gasteiger partial charge in [-0.15, -0.1) is 0 Å². The number of benzene rings is 2. The Hall–Kier alpha value is -1.54. The van der Waals surface area contributed by atoms with Crippen LogP contribution < -0.4 is 5.32 Å².